The highest BCUT2D eigenvalue weighted by Gasteiger charge is 2.13. The van der Waals surface area contributed by atoms with E-state index < -0.39 is 0 Å². The number of aromatic nitrogens is 2. The number of benzene rings is 1. The standard InChI is InChI=1S/C22H31N5O.HI/c1-5-19-18(21(6-2)28-27-19)14-26-22(23-7-3)24-11-10-16-13-25-20-12-15(4)8-9-17(16)20;/h8-9,12-13,25H,5-7,10-11,14H2,1-4H3,(H2,23,24,26);1H. The molecule has 0 radical (unpaired) electrons. The molecule has 0 spiro atoms. The van der Waals surface area contributed by atoms with E-state index in [1.54, 1.807) is 0 Å². The number of rotatable bonds is 8. The number of nitrogens with one attached hydrogen (secondary N) is 3. The first-order valence-electron chi connectivity index (χ1n) is 10.2. The third kappa shape index (κ3) is 5.74. The van der Waals surface area contributed by atoms with Gasteiger partial charge in [0.2, 0.25) is 0 Å². The average Bonchev–Trinajstić information content (AvgIpc) is 3.29. The van der Waals surface area contributed by atoms with Gasteiger partial charge >= 0.3 is 0 Å². The highest BCUT2D eigenvalue weighted by molar-refractivity contribution is 14.0. The Bertz CT molecular complexity index is 922. The molecule has 7 heteroatoms. The largest absolute Gasteiger partial charge is 0.361 e. The van der Waals surface area contributed by atoms with Crippen molar-refractivity contribution in [1.82, 2.24) is 20.8 Å². The predicted octanol–water partition coefficient (Wildman–Crippen LogP) is 4.50. The van der Waals surface area contributed by atoms with Crippen molar-refractivity contribution in [1.29, 1.82) is 0 Å². The molecule has 0 amide bonds. The summed E-state index contributed by atoms with van der Waals surface area (Å²) in [6.45, 7) is 10.6. The summed E-state index contributed by atoms with van der Waals surface area (Å²) in [4.78, 5) is 8.12. The van der Waals surface area contributed by atoms with Crippen LogP contribution in [0.25, 0.3) is 10.9 Å². The molecular formula is C22H32IN5O. The van der Waals surface area contributed by atoms with Crippen LogP contribution < -0.4 is 10.6 Å². The second-order valence-electron chi connectivity index (χ2n) is 6.97. The van der Waals surface area contributed by atoms with Gasteiger partial charge in [-0.1, -0.05) is 31.1 Å². The minimum atomic E-state index is 0. The molecule has 0 saturated carbocycles. The van der Waals surface area contributed by atoms with Crippen molar-refractivity contribution in [2.45, 2.75) is 53.5 Å². The zero-order valence-electron chi connectivity index (χ0n) is 17.8. The van der Waals surface area contributed by atoms with Gasteiger partial charge in [0.25, 0.3) is 0 Å². The Kier molecular flexibility index (Phi) is 9.00. The number of fused-ring (bicyclic) bond motifs is 1. The third-order valence-electron chi connectivity index (χ3n) is 4.96. The second-order valence-corrected chi connectivity index (χ2v) is 6.97. The van der Waals surface area contributed by atoms with Crippen LogP contribution in [0, 0.1) is 6.92 Å². The fourth-order valence-electron chi connectivity index (χ4n) is 3.44. The molecule has 3 rings (SSSR count). The summed E-state index contributed by atoms with van der Waals surface area (Å²) in [6.07, 6.45) is 4.73. The fourth-order valence-corrected chi connectivity index (χ4v) is 3.44. The van der Waals surface area contributed by atoms with E-state index in [2.05, 4.69) is 72.9 Å². The summed E-state index contributed by atoms with van der Waals surface area (Å²) < 4.78 is 5.44. The molecule has 29 heavy (non-hydrogen) atoms. The molecule has 0 aliphatic carbocycles. The summed E-state index contributed by atoms with van der Waals surface area (Å²) in [6, 6.07) is 6.54. The Morgan fingerprint density at radius 2 is 2.00 bits per heavy atom. The molecule has 2 heterocycles. The van der Waals surface area contributed by atoms with Gasteiger partial charge < -0.3 is 20.1 Å². The highest BCUT2D eigenvalue weighted by atomic mass is 127. The molecule has 0 atom stereocenters. The van der Waals surface area contributed by atoms with Gasteiger partial charge in [0, 0.05) is 42.2 Å². The first kappa shape index (κ1) is 23.3. The van der Waals surface area contributed by atoms with E-state index in [1.807, 2.05) is 0 Å². The lowest BCUT2D eigenvalue weighted by Gasteiger charge is -2.11. The number of halogens is 1. The Morgan fingerprint density at radius 3 is 2.72 bits per heavy atom. The molecular weight excluding hydrogens is 477 g/mol. The van der Waals surface area contributed by atoms with Crippen molar-refractivity contribution < 1.29 is 4.52 Å². The highest BCUT2D eigenvalue weighted by Crippen LogP contribution is 2.20. The molecule has 0 aliphatic rings. The number of H-pyrrole nitrogens is 1. The van der Waals surface area contributed by atoms with Crippen LogP contribution in [0.1, 0.15) is 48.9 Å². The van der Waals surface area contributed by atoms with E-state index in [-0.39, 0.29) is 24.0 Å². The molecule has 6 nitrogen and oxygen atoms in total. The van der Waals surface area contributed by atoms with E-state index in [4.69, 9.17) is 9.52 Å². The van der Waals surface area contributed by atoms with E-state index >= 15 is 0 Å². The van der Waals surface area contributed by atoms with Crippen LogP contribution in [0.4, 0.5) is 0 Å². The van der Waals surface area contributed by atoms with E-state index in [9.17, 15) is 0 Å². The summed E-state index contributed by atoms with van der Waals surface area (Å²) in [5.74, 6) is 1.76. The maximum Gasteiger partial charge on any atom is 0.191 e. The number of aryl methyl sites for hydroxylation is 3. The van der Waals surface area contributed by atoms with Gasteiger partial charge in [0.1, 0.15) is 5.76 Å². The monoisotopic (exact) mass is 509 g/mol. The quantitative estimate of drug-likeness (QED) is 0.237. The lowest BCUT2D eigenvalue weighted by molar-refractivity contribution is 0.380. The number of nitrogens with zero attached hydrogens (tertiary/aromatic N) is 2. The number of aliphatic imine (C=N–C) groups is 1. The summed E-state index contributed by atoms with van der Waals surface area (Å²) >= 11 is 0. The molecule has 0 aliphatic heterocycles. The van der Waals surface area contributed by atoms with Gasteiger partial charge in [-0.05, 0) is 43.9 Å². The number of aromatic amines is 1. The molecule has 158 valence electrons. The Hall–Kier alpha value is -2.03. The maximum atomic E-state index is 5.44. The number of hydrogen-bond acceptors (Lipinski definition) is 3. The van der Waals surface area contributed by atoms with Crippen molar-refractivity contribution in [3.8, 4) is 0 Å². The van der Waals surface area contributed by atoms with Gasteiger partial charge in [-0.2, -0.15) is 0 Å². The van der Waals surface area contributed by atoms with Crippen LogP contribution in [0.5, 0.6) is 0 Å². The number of hydrogen-bond donors (Lipinski definition) is 3. The fraction of sp³-hybridized carbons (Fsp3) is 0.455. The first-order valence-corrected chi connectivity index (χ1v) is 10.2. The van der Waals surface area contributed by atoms with Crippen molar-refractivity contribution >= 4 is 40.8 Å². The molecule has 0 bridgehead atoms. The zero-order valence-corrected chi connectivity index (χ0v) is 20.1. The van der Waals surface area contributed by atoms with Crippen molar-refractivity contribution in [2.75, 3.05) is 13.1 Å². The smallest absolute Gasteiger partial charge is 0.191 e. The van der Waals surface area contributed by atoms with Crippen LogP contribution in [0.15, 0.2) is 33.9 Å². The molecule has 0 saturated heterocycles. The lowest BCUT2D eigenvalue weighted by Crippen LogP contribution is -2.38. The van der Waals surface area contributed by atoms with Crippen LogP contribution in [-0.2, 0) is 25.8 Å². The first-order chi connectivity index (χ1) is 13.7. The molecule has 2 aromatic heterocycles. The zero-order chi connectivity index (χ0) is 19.9. The van der Waals surface area contributed by atoms with Crippen molar-refractivity contribution in [2.24, 2.45) is 4.99 Å². The summed E-state index contributed by atoms with van der Waals surface area (Å²) in [5.41, 5.74) is 5.91. The molecule has 1 aromatic carbocycles. The predicted molar refractivity (Wildman–Crippen MR) is 130 cm³/mol. The van der Waals surface area contributed by atoms with Crippen molar-refractivity contribution in [3.63, 3.8) is 0 Å². The van der Waals surface area contributed by atoms with Crippen molar-refractivity contribution in [3.05, 3.63) is 52.5 Å². The SMILES string of the molecule is CCNC(=NCc1c(CC)noc1CC)NCCc1c[nH]c2cc(C)ccc12.I. The Labute approximate surface area is 189 Å². The number of guanidine groups is 1. The van der Waals surface area contributed by atoms with E-state index in [1.165, 1.54) is 22.0 Å². The molecule has 3 aromatic rings. The van der Waals surface area contributed by atoms with E-state index in [0.29, 0.717) is 6.54 Å². The van der Waals surface area contributed by atoms with Crippen LogP contribution in [0.2, 0.25) is 0 Å². The van der Waals surface area contributed by atoms with Gasteiger partial charge in [-0.15, -0.1) is 24.0 Å². The normalized spacial score (nSPS) is 11.5. The topological polar surface area (TPSA) is 78.2 Å². The summed E-state index contributed by atoms with van der Waals surface area (Å²) in [7, 11) is 0. The second kappa shape index (κ2) is 11.2. The molecule has 0 unspecified atom stereocenters. The van der Waals surface area contributed by atoms with Crippen LogP contribution in [-0.4, -0.2) is 29.2 Å². The third-order valence-corrected chi connectivity index (χ3v) is 4.96. The molecule has 3 N–H and O–H groups in total. The average molecular weight is 509 g/mol. The minimum absolute atomic E-state index is 0. The Balaban J connectivity index is 0.00000300. The van der Waals surface area contributed by atoms with Gasteiger partial charge in [-0.25, -0.2) is 4.99 Å². The van der Waals surface area contributed by atoms with Crippen LogP contribution >= 0.6 is 24.0 Å². The lowest BCUT2D eigenvalue weighted by atomic mass is 10.1. The minimum Gasteiger partial charge on any atom is -0.361 e. The van der Waals surface area contributed by atoms with Gasteiger partial charge in [-0.3, -0.25) is 0 Å². The maximum absolute atomic E-state index is 5.44. The van der Waals surface area contributed by atoms with E-state index in [0.717, 1.165) is 55.3 Å². The van der Waals surface area contributed by atoms with Gasteiger partial charge in [0.05, 0.1) is 12.2 Å². The van der Waals surface area contributed by atoms with Crippen LogP contribution in [0.3, 0.4) is 0 Å². The Morgan fingerprint density at radius 1 is 1.17 bits per heavy atom. The van der Waals surface area contributed by atoms with Gasteiger partial charge in [0.15, 0.2) is 5.96 Å². The summed E-state index contributed by atoms with van der Waals surface area (Å²) in [5, 5.41) is 12.2. The molecule has 0 fully saturated rings.